The third kappa shape index (κ3) is 3.44. The van der Waals surface area contributed by atoms with Crippen molar-refractivity contribution >= 4 is 11.7 Å². The van der Waals surface area contributed by atoms with Gasteiger partial charge in [-0.2, -0.15) is 0 Å². The van der Waals surface area contributed by atoms with Gasteiger partial charge in [-0.1, -0.05) is 12.1 Å². The van der Waals surface area contributed by atoms with Gasteiger partial charge in [-0.3, -0.25) is 4.79 Å². The fourth-order valence-corrected chi connectivity index (χ4v) is 2.46. The Bertz CT molecular complexity index is 910. The van der Waals surface area contributed by atoms with Crippen LogP contribution in [0, 0.1) is 0 Å². The summed E-state index contributed by atoms with van der Waals surface area (Å²) in [5, 5.41) is 2.78. The first-order valence-electron chi connectivity index (χ1n) is 7.78. The summed E-state index contributed by atoms with van der Waals surface area (Å²) < 4.78 is 15.8. The lowest BCUT2D eigenvalue weighted by Crippen LogP contribution is -2.24. The number of para-hydroxylation sites is 1. The third-order valence-electron chi connectivity index (χ3n) is 3.73. The van der Waals surface area contributed by atoms with Crippen LogP contribution < -0.4 is 20.5 Å². The first-order valence-corrected chi connectivity index (χ1v) is 7.78. The number of aromatic nitrogens is 2. The van der Waals surface area contributed by atoms with Crippen molar-refractivity contribution in [3.63, 3.8) is 0 Å². The zero-order valence-corrected chi connectivity index (χ0v) is 14.4. The number of ether oxygens (including phenoxy) is 2. The van der Waals surface area contributed by atoms with E-state index in [0.717, 1.165) is 5.56 Å². The van der Waals surface area contributed by atoms with Crippen molar-refractivity contribution in [1.82, 2.24) is 15.3 Å². The van der Waals surface area contributed by atoms with E-state index in [9.17, 15) is 4.79 Å². The van der Waals surface area contributed by atoms with Crippen LogP contribution in [0.15, 0.2) is 47.2 Å². The molecule has 0 radical (unpaired) electrons. The van der Waals surface area contributed by atoms with E-state index >= 15 is 0 Å². The number of furan rings is 1. The minimum atomic E-state index is -0.390. The minimum absolute atomic E-state index is 0.0708. The maximum atomic E-state index is 12.4. The molecule has 0 bridgehead atoms. The second kappa shape index (κ2) is 7.56. The Morgan fingerprint density at radius 3 is 2.73 bits per heavy atom. The highest BCUT2D eigenvalue weighted by Crippen LogP contribution is 2.30. The molecule has 0 saturated carbocycles. The minimum Gasteiger partial charge on any atom is -0.493 e. The number of nitrogens with one attached hydrogen (secondary N) is 1. The molecule has 0 aliphatic carbocycles. The standard InChI is InChI=1S/C18H18N4O4/c1-24-13-6-3-5-11(15(13)25-2)9-21-18(23)12-10-20-17(22-16(12)19)14-7-4-8-26-14/h3-8,10H,9H2,1-2H3,(H,21,23)(H2,19,20,22). The van der Waals surface area contributed by atoms with Crippen molar-refractivity contribution in [3.8, 4) is 23.1 Å². The number of carbonyl (C=O) groups is 1. The van der Waals surface area contributed by atoms with Crippen molar-refractivity contribution in [2.75, 3.05) is 20.0 Å². The summed E-state index contributed by atoms with van der Waals surface area (Å²) in [6, 6.07) is 8.86. The zero-order chi connectivity index (χ0) is 18.5. The molecule has 3 rings (SSSR count). The van der Waals surface area contributed by atoms with Crippen LogP contribution in [0.4, 0.5) is 5.82 Å². The highest BCUT2D eigenvalue weighted by atomic mass is 16.5. The molecule has 1 aromatic carbocycles. The number of methoxy groups -OCH3 is 2. The second-order valence-corrected chi connectivity index (χ2v) is 5.31. The lowest BCUT2D eigenvalue weighted by molar-refractivity contribution is 0.0951. The third-order valence-corrected chi connectivity index (χ3v) is 3.73. The smallest absolute Gasteiger partial charge is 0.256 e. The lowest BCUT2D eigenvalue weighted by atomic mass is 10.1. The zero-order valence-electron chi connectivity index (χ0n) is 14.4. The SMILES string of the molecule is COc1cccc(CNC(=O)c2cnc(-c3ccco3)nc2N)c1OC. The fourth-order valence-electron chi connectivity index (χ4n) is 2.46. The number of nitrogen functional groups attached to an aromatic ring is 1. The number of rotatable bonds is 6. The van der Waals surface area contributed by atoms with E-state index in [2.05, 4.69) is 15.3 Å². The number of hydrogen-bond acceptors (Lipinski definition) is 7. The molecule has 0 atom stereocenters. The molecule has 2 heterocycles. The summed E-state index contributed by atoms with van der Waals surface area (Å²) >= 11 is 0. The first kappa shape index (κ1) is 17.3. The van der Waals surface area contributed by atoms with Gasteiger partial charge < -0.3 is 24.9 Å². The molecule has 0 aliphatic rings. The molecule has 0 unspecified atom stereocenters. The van der Waals surface area contributed by atoms with E-state index < -0.39 is 5.91 Å². The summed E-state index contributed by atoms with van der Waals surface area (Å²) in [6.07, 6.45) is 2.88. The second-order valence-electron chi connectivity index (χ2n) is 5.31. The van der Waals surface area contributed by atoms with Crippen LogP contribution >= 0.6 is 0 Å². The Morgan fingerprint density at radius 1 is 1.23 bits per heavy atom. The van der Waals surface area contributed by atoms with Gasteiger partial charge in [-0.25, -0.2) is 9.97 Å². The largest absolute Gasteiger partial charge is 0.493 e. The molecular weight excluding hydrogens is 336 g/mol. The van der Waals surface area contributed by atoms with E-state index in [1.807, 2.05) is 12.1 Å². The molecule has 0 saturated heterocycles. The van der Waals surface area contributed by atoms with E-state index in [1.54, 1.807) is 32.4 Å². The summed E-state index contributed by atoms with van der Waals surface area (Å²) in [7, 11) is 3.10. The van der Waals surface area contributed by atoms with Gasteiger partial charge in [-0.15, -0.1) is 0 Å². The number of amides is 1. The molecule has 3 aromatic rings. The normalized spacial score (nSPS) is 10.4. The quantitative estimate of drug-likeness (QED) is 0.698. The highest BCUT2D eigenvalue weighted by Gasteiger charge is 2.16. The van der Waals surface area contributed by atoms with Crippen LogP contribution in [0.1, 0.15) is 15.9 Å². The van der Waals surface area contributed by atoms with Crippen LogP contribution in [-0.2, 0) is 6.54 Å². The van der Waals surface area contributed by atoms with Gasteiger partial charge in [0.15, 0.2) is 23.1 Å². The maximum Gasteiger partial charge on any atom is 0.256 e. The molecule has 0 fully saturated rings. The molecular formula is C18H18N4O4. The molecule has 0 aliphatic heterocycles. The summed E-state index contributed by atoms with van der Waals surface area (Å²) in [6.45, 7) is 0.235. The predicted molar refractivity (Wildman–Crippen MR) is 94.9 cm³/mol. The summed E-state index contributed by atoms with van der Waals surface area (Å²) in [5.41, 5.74) is 6.85. The van der Waals surface area contributed by atoms with Crippen molar-refractivity contribution in [1.29, 1.82) is 0 Å². The predicted octanol–water partition coefficient (Wildman–Crippen LogP) is 2.27. The van der Waals surface area contributed by atoms with Crippen LogP contribution in [0.25, 0.3) is 11.6 Å². The molecule has 2 aromatic heterocycles. The molecule has 3 N–H and O–H groups in total. The van der Waals surface area contributed by atoms with Gasteiger partial charge in [0.2, 0.25) is 0 Å². The van der Waals surface area contributed by atoms with Crippen molar-refractivity contribution in [3.05, 3.63) is 53.9 Å². The Hall–Kier alpha value is -3.55. The molecule has 8 nitrogen and oxygen atoms in total. The van der Waals surface area contributed by atoms with Gasteiger partial charge in [0.25, 0.3) is 5.91 Å². The average molecular weight is 354 g/mol. The first-order chi connectivity index (χ1) is 12.6. The molecule has 8 heteroatoms. The van der Waals surface area contributed by atoms with Gasteiger partial charge >= 0.3 is 0 Å². The van der Waals surface area contributed by atoms with Crippen LogP contribution in [0.5, 0.6) is 11.5 Å². The Balaban J connectivity index is 1.75. The van der Waals surface area contributed by atoms with Crippen LogP contribution in [0.3, 0.4) is 0 Å². The molecule has 0 spiro atoms. The van der Waals surface area contributed by atoms with Gasteiger partial charge in [-0.05, 0) is 18.2 Å². The Morgan fingerprint density at radius 2 is 2.08 bits per heavy atom. The van der Waals surface area contributed by atoms with E-state index in [0.29, 0.717) is 23.1 Å². The van der Waals surface area contributed by atoms with E-state index in [-0.39, 0.29) is 17.9 Å². The van der Waals surface area contributed by atoms with Crippen molar-refractivity contribution < 1.29 is 18.7 Å². The number of benzene rings is 1. The molecule has 26 heavy (non-hydrogen) atoms. The number of nitrogens with zero attached hydrogens (tertiary/aromatic N) is 2. The average Bonchev–Trinajstić information content (AvgIpc) is 3.20. The Labute approximate surface area is 150 Å². The van der Waals surface area contributed by atoms with Gasteiger partial charge in [0.05, 0.1) is 26.0 Å². The number of anilines is 1. The maximum absolute atomic E-state index is 12.4. The van der Waals surface area contributed by atoms with E-state index in [1.165, 1.54) is 12.5 Å². The number of hydrogen-bond donors (Lipinski definition) is 2. The fraction of sp³-hybridized carbons (Fsp3) is 0.167. The van der Waals surface area contributed by atoms with Gasteiger partial charge in [0, 0.05) is 18.3 Å². The Kier molecular flexibility index (Phi) is 5.02. The van der Waals surface area contributed by atoms with Crippen molar-refractivity contribution in [2.45, 2.75) is 6.54 Å². The highest BCUT2D eigenvalue weighted by molar-refractivity contribution is 5.98. The van der Waals surface area contributed by atoms with Gasteiger partial charge in [0.1, 0.15) is 5.82 Å². The number of carbonyl (C=O) groups excluding carboxylic acids is 1. The lowest BCUT2D eigenvalue weighted by Gasteiger charge is -2.13. The van der Waals surface area contributed by atoms with Crippen molar-refractivity contribution in [2.24, 2.45) is 0 Å². The molecule has 1 amide bonds. The summed E-state index contributed by atoms with van der Waals surface area (Å²) in [4.78, 5) is 20.7. The van der Waals surface area contributed by atoms with Crippen LogP contribution in [0.2, 0.25) is 0 Å². The summed E-state index contributed by atoms with van der Waals surface area (Å²) in [5.74, 6) is 1.63. The van der Waals surface area contributed by atoms with E-state index in [4.69, 9.17) is 19.6 Å². The van der Waals surface area contributed by atoms with Crippen LogP contribution in [-0.4, -0.2) is 30.1 Å². The molecule has 134 valence electrons. The number of nitrogens with two attached hydrogens (primary N) is 1. The monoisotopic (exact) mass is 354 g/mol. The topological polar surface area (TPSA) is 112 Å².